The summed E-state index contributed by atoms with van der Waals surface area (Å²) < 4.78 is 27.1. The summed E-state index contributed by atoms with van der Waals surface area (Å²) in [6.45, 7) is 1.12. The summed E-state index contributed by atoms with van der Waals surface area (Å²) in [5, 5.41) is 10.1. The second-order valence-electron chi connectivity index (χ2n) is 7.84. The molecule has 0 radical (unpaired) electrons. The van der Waals surface area contributed by atoms with E-state index in [0.717, 1.165) is 17.7 Å². The number of pyridine rings is 1. The van der Waals surface area contributed by atoms with Gasteiger partial charge in [0.25, 0.3) is 5.91 Å². The molecule has 0 saturated carbocycles. The molecule has 1 N–H and O–H groups in total. The Labute approximate surface area is 166 Å². The number of likely N-dealkylation sites (tertiary alicyclic amines) is 2. The molecule has 2 aromatic rings. The Morgan fingerprint density at radius 1 is 1.17 bits per heavy atom. The molecule has 0 bridgehead atoms. The van der Waals surface area contributed by atoms with Gasteiger partial charge in [-0.3, -0.25) is 14.6 Å². The predicted octanol–water partition coefficient (Wildman–Crippen LogP) is 1.50. The maximum Gasteiger partial charge on any atom is 0.256 e. The lowest BCUT2D eigenvalue weighted by atomic mass is 9.82. The fourth-order valence-electron chi connectivity index (χ4n) is 4.37. The first-order chi connectivity index (χ1) is 13.9. The molecule has 2 amide bonds. The molecule has 1 aromatic heterocycles. The molecule has 0 spiro atoms. The molecule has 2 aliphatic rings. The van der Waals surface area contributed by atoms with Crippen LogP contribution in [-0.4, -0.2) is 64.5 Å². The molecule has 8 heteroatoms. The van der Waals surface area contributed by atoms with Crippen molar-refractivity contribution in [3.8, 4) is 0 Å². The van der Waals surface area contributed by atoms with Crippen molar-refractivity contribution in [2.75, 3.05) is 32.8 Å². The van der Waals surface area contributed by atoms with E-state index >= 15 is 0 Å². The van der Waals surface area contributed by atoms with Crippen LogP contribution in [0.2, 0.25) is 0 Å². The van der Waals surface area contributed by atoms with Gasteiger partial charge in [-0.2, -0.15) is 0 Å². The summed E-state index contributed by atoms with van der Waals surface area (Å²) in [6.07, 6.45) is 3.52. The number of nitrogens with zero attached hydrogens (tertiary/aromatic N) is 3. The lowest BCUT2D eigenvalue weighted by Gasteiger charge is -2.27. The molecule has 2 saturated heterocycles. The fraction of sp³-hybridized carbons (Fsp3) is 0.381. The van der Waals surface area contributed by atoms with E-state index in [9.17, 15) is 23.5 Å². The van der Waals surface area contributed by atoms with Gasteiger partial charge in [0.15, 0.2) is 0 Å². The average molecular weight is 401 g/mol. The quantitative estimate of drug-likeness (QED) is 0.843. The van der Waals surface area contributed by atoms with E-state index in [1.165, 1.54) is 4.90 Å². The Morgan fingerprint density at radius 2 is 1.93 bits per heavy atom. The van der Waals surface area contributed by atoms with Gasteiger partial charge in [0.05, 0.1) is 18.6 Å². The zero-order chi connectivity index (χ0) is 20.6. The van der Waals surface area contributed by atoms with Crippen LogP contribution in [-0.2, 0) is 11.2 Å². The monoisotopic (exact) mass is 401 g/mol. The molecular formula is C21H21F2N3O3. The van der Waals surface area contributed by atoms with Gasteiger partial charge in [0, 0.05) is 56.0 Å². The van der Waals surface area contributed by atoms with E-state index in [1.807, 2.05) is 6.07 Å². The predicted molar refractivity (Wildman–Crippen MR) is 99.8 cm³/mol. The highest BCUT2D eigenvalue weighted by molar-refractivity contribution is 5.94. The van der Waals surface area contributed by atoms with Crippen LogP contribution in [0.5, 0.6) is 0 Å². The molecule has 0 aliphatic carbocycles. The molecule has 3 heterocycles. The smallest absolute Gasteiger partial charge is 0.256 e. The van der Waals surface area contributed by atoms with Crippen molar-refractivity contribution in [2.45, 2.75) is 6.42 Å². The van der Waals surface area contributed by atoms with Crippen LogP contribution in [0.25, 0.3) is 0 Å². The van der Waals surface area contributed by atoms with Gasteiger partial charge in [-0.25, -0.2) is 8.78 Å². The van der Waals surface area contributed by atoms with Crippen LogP contribution in [0.4, 0.5) is 8.78 Å². The highest BCUT2D eigenvalue weighted by Gasteiger charge is 2.54. The maximum absolute atomic E-state index is 14.0. The molecule has 2 atom stereocenters. The minimum absolute atomic E-state index is 0.0531. The van der Waals surface area contributed by atoms with Crippen molar-refractivity contribution in [1.82, 2.24) is 14.8 Å². The number of carbonyl (C=O) groups excluding carboxylic acids is 2. The standard InChI is InChI=1S/C21H21F2N3O3/c22-16-3-4-17(18(23)7-16)20(29)26-10-15-9-25(11-21(15,12-26)13-27)19(28)6-14-2-1-5-24-8-14/h1-5,7-8,15,27H,6,9-13H2. The second-order valence-corrected chi connectivity index (χ2v) is 7.84. The summed E-state index contributed by atoms with van der Waals surface area (Å²) in [5.74, 6) is -2.33. The second kappa shape index (κ2) is 7.51. The number of aliphatic hydroxyl groups is 1. The molecular weight excluding hydrogens is 380 g/mol. The minimum atomic E-state index is -0.904. The lowest BCUT2D eigenvalue weighted by Crippen LogP contribution is -2.41. The summed E-state index contributed by atoms with van der Waals surface area (Å²) in [7, 11) is 0. The van der Waals surface area contributed by atoms with Crippen molar-refractivity contribution in [1.29, 1.82) is 0 Å². The van der Waals surface area contributed by atoms with Crippen LogP contribution in [0, 0.1) is 23.0 Å². The zero-order valence-corrected chi connectivity index (χ0v) is 15.7. The number of rotatable bonds is 4. The zero-order valence-electron chi connectivity index (χ0n) is 15.7. The van der Waals surface area contributed by atoms with E-state index in [0.29, 0.717) is 25.7 Å². The summed E-state index contributed by atoms with van der Waals surface area (Å²) in [5.41, 5.74) is -0.00305. The van der Waals surface area contributed by atoms with E-state index in [2.05, 4.69) is 4.98 Å². The van der Waals surface area contributed by atoms with Crippen molar-refractivity contribution in [2.24, 2.45) is 11.3 Å². The maximum atomic E-state index is 14.0. The highest BCUT2D eigenvalue weighted by Crippen LogP contribution is 2.42. The van der Waals surface area contributed by atoms with E-state index in [-0.39, 0.29) is 37.0 Å². The van der Waals surface area contributed by atoms with Crippen molar-refractivity contribution < 1.29 is 23.5 Å². The first-order valence-corrected chi connectivity index (χ1v) is 9.44. The number of aliphatic hydroxyl groups excluding tert-OH is 1. The summed E-state index contributed by atoms with van der Waals surface area (Å²) >= 11 is 0. The molecule has 2 unspecified atom stereocenters. The normalized spacial score (nSPS) is 23.3. The van der Waals surface area contributed by atoms with Gasteiger partial charge < -0.3 is 14.9 Å². The van der Waals surface area contributed by atoms with Crippen LogP contribution in [0.1, 0.15) is 15.9 Å². The molecule has 4 rings (SSSR count). The number of hydrogen-bond donors (Lipinski definition) is 1. The van der Waals surface area contributed by atoms with E-state index in [4.69, 9.17) is 0 Å². The number of hydrogen-bond acceptors (Lipinski definition) is 4. The van der Waals surface area contributed by atoms with Crippen LogP contribution in [0.15, 0.2) is 42.7 Å². The largest absolute Gasteiger partial charge is 0.396 e. The minimum Gasteiger partial charge on any atom is -0.396 e. The summed E-state index contributed by atoms with van der Waals surface area (Å²) in [4.78, 5) is 32.6. The highest BCUT2D eigenvalue weighted by atomic mass is 19.1. The van der Waals surface area contributed by atoms with E-state index in [1.54, 1.807) is 23.4 Å². The van der Waals surface area contributed by atoms with Gasteiger partial charge in [0.2, 0.25) is 5.91 Å². The average Bonchev–Trinajstić information content (AvgIpc) is 3.23. The Balaban J connectivity index is 1.45. The first-order valence-electron chi connectivity index (χ1n) is 9.44. The van der Waals surface area contributed by atoms with Gasteiger partial charge in [-0.1, -0.05) is 6.07 Å². The molecule has 2 fully saturated rings. The van der Waals surface area contributed by atoms with Gasteiger partial charge in [-0.15, -0.1) is 0 Å². The number of halogens is 2. The van der Waals surface area contributed by atoms with E-state index < -0.39 is 23.0 Å². The van der Waals surface area contributed by atoms with Gasteiger partial charge >= 0.3 is 0 Å². The fourth-order valence-corrected chi connectivity index (χ4v) is 4.37. The first kappa shape index (κ1) is 19.4. The van der Waals surface area contributed by atoms with Gasteiger partial charge in [-0.05, 0) is 23.8 Å². The van der Waals surface area contributed by atoms with Crippen molar-refractivity contribution in [3.63, 3.8) is 0 Å². The number of fused-ring (bicyclic) bond motifs is 1. The Morgan fingerprint density at radius 3 is 2.59 bits per heavy atom. The Bertz CT molecular complexity index is 940. The SMILES string of the molecule is O=C(Cc1cccnc1)N1CC2CN(C(=O)c3ccc(F)cc3F)CC2(CO)C1. The molecule has 152 valence electrons. The number of carbonyl (C=O) groups is 2. The number of amides is 2. The Hall–Kier alpha value is -2.87. The Kier molecular flexibility index (Phi) is 5.04. The third-order valence-electron chi connectivity index (χ3n) is 5.95. The van der Waals surface area contributed by atoms with Crippen molar-refractivity contribution >= 4 is 11.8 Å². The topological polar surface area (TPSA) is 73.7 Å². The third kappa shape index (κ3) is 3.60. The van der Waals surface area contributed by atoms with Crippen molar-refractivity contribution in [3.05, 3.63) is 65.5 Å². The summed E-state index contributed by atoms with van der Waals surface area (Å²) in [6, 6.07) is 6.48. The molecule has 29 heavy (non-hydrogen) atoms. The van der Waals surface area contributed by atoms with Crippen LogP contribution < -0.4 is 0 Å². The van der Waals surface area contributed by atoms with Gasteiger partial charge in [0.1, 0.15) is 11.6 Å². The van der Waals surface area contributed by atoms with Crippen LogP contribution in [0.3, 0.4) is 0 Å². The number of benzene rings is 1. The van der Waals surface area contributed by atoms with Crippen LogP contribution >= 0.6 is 0 Å². The molecule has 1 aromatic carbocycles. The molecule has 6 nitrogen and oxygen atoms in total. The lowest BCUT2D eigenvalue weighted by molar-refractivity contribution is -0.130. The number of aromatic nitrogens is 1. The third-order valence-corrected chi connectivity index (χ3v) is 5.95. The molecule has 2 aliphatic heterocycles.